The predicted octanol–water partition coefficient (Wildman–Crippen LogP) is 4.13. The van der Waals surface area contributed by atoms with Crippen LogP contribution in [0.3, 0.4) is 0 Å². The molecule has 8 nitrogen and oxygen atoms in total. The number of rotatable bonds is 8. The summed E-state index contributed by atoms with van der Waals surface area (Å²) in [5.74, 6) is 0.167. The molecular weight excluding hydrogens is 462 g/mol. The number of pyridine rings is 1. The first-order valence-corrected chi connectivity index (χ1v) is 13.8. The monoisotopic (exact) mass is 497 g/mol. The van der Waals surface area contributed by atoms with E-state index in [1.807, 2.05) is 29.8 Å². The van der Waals surface area contributed by atoms with Crippen LogP contribution in [0, 0.1) is 6.92 Å². The molecule has 4 rings (SSSR count). The number of nitrogens with zero attached hydrogens (tertiary/aromatic N) is 3. The Morgan fingerprint density at radius 2 is 1.77 bits per heavy atom. The highest BCUT2D eigenvalue weighted by molar-refractivity contribution is 7.88. The molecule has 0 radical (unpaired) electrons. The standard InChI is InChI=1S/C26H35N5O3S/c1-16(2)30-35(33,34)15-19-9-7-18(8-10-19)14-27-25(32)21-13-22(20-11-12-20)28-24-23(21)17(3)29-31(24)26(4,5)6/h7-10,13,16,20,30H,11-12,14-15H2,1-6H3,(H,27,32). The van der Waals surface area contributed by atoms with Crippen molar-refractivity contribution in [3.63, 3.8) is 0 Å². The summed E-state index contributed by atoms with van der Waals surface area (Å²) in [5.41, 5.74) is 4.44. The van der Waals surface area contributed by atoms with E-state index in [1.54, 1.807) is 26.0 Å². The molecule has 0 atom stereocenters. The molecule has 3 aromatic rings. The highest BCUT2D eigenvalue weighted by Gasteiger charge is 2.30. The van der Waals surface area contributed by atoms with Gasteiger partial charge < -0.3 is 5.32 Å². The van der Waals surface area contributed by atoms with Crippen molar-refractivity contribution in [1.29, 1.82) is 0 Å². The van der Waals surface area contributed by atoms with Crippen LogP contribution < -0.4 is 10.0 Å². The summed E-state index contributed by atoms with van der Waals surface area (Å²) in [6.07, 6.45) is 2.19. The number of benzene rings is 1. The second kappa shape index (κ2) is 9.35. The van der Waals surface area contributed by atoms with Gasteiger partial charge in [0.1, 0.15) is 0 Å². The number of sulfonamides is 1. The number of aryl methyl sites for hydroxylation is 1. The van der Waals surface area contributed by atoms with E-state index >= 15 is 0 Å². The van der Waals surface area contributed by atoms with E-state index in [9.17, 15) is 13.2 Å². The zero-order chi connectivity index (χ0) is 25.5. The van der Waals surface area contributed by atoms with E-state index in [0.29, 0.717) is 23.6 Å². The predicted molar refractivity (Wildman–Crippen MR) is 138 cm³/mol. The molecule has 1 aromatic carbocycles. The van der Waals surface area contributed by atoms with Crippen molar-refractivity contribution in [3.8, 4) is 0 Å². The van der Waals surface area contributed by atoms with Gasteiger partial charge in [0.05, 0.1) is 27.9 Å². The lowest BCUT2D eigenvalue weighted by Crippen LogP contribution is -2.31. The van der Waals surface area contributed by atoms with Gasteiger partial charge in [0, 0.05) is 24.2 Å². The molecule has 0 saturated heterocycles. The molecule has 2 aromatic heterocycles. The van der Waals surface area contributed by atoms with Gasteiger partial charge in [-0.2, -0.15) is 5.10 Å². The second-order valence-electron chi connectivity index (χ2n) is 10.8. The molecule has 0 bridgehead atoms. The summed E-state index contributed by atoms with van der Waals surface area (Å²) in [7, 11) is -3.38. The number of carbonyl (C=O) groups is 1. The topological polar surface area (TPSA) is 106 Å². The molecule has 1 fully saturated rings. The van der Waals surface area contributed by atoms with E-state index in [0.717, 1.165) is 40.8 Å². The zero-order valence-corrected chi connectivity index (χ0v) is 22.2. The van der Waals surface area contributed by atoms with Gasteiger partial charge in [-0.05, 0) is 71.6 Å². The Balaban J connectivity index is 1.54. The molecule has 0 unspecified atom stereocenters. The van der Waals surface area contributed by atoms with E-state index < -0.39 is 10.0 Å². The largest absolute Gasteiger partial charge is 0.348 e. The van der Waals surface area contributed by atoms with Crippen LogP contribution in [0.1, 0.15) is 86.3 Å². The number of nitrogens with one attached hydrogen (secondary N) is 2. The first-order valence-electron chi connectivity index (χ1n) is 12.1. The van der Waals surface area contributed by atoms with Crippen molar-refractivity contribution in [1.82, 2.24) is 24.8 Å². The Bertz CT molecular complexity index is 1350. The van der Waals surface area contributed by atoms with Gasteiger partial charge >= 0.3 is 0 Å². The molecule has 1 amide bonds. The van der Waals surface area contributed by atoms with Crippen molar-refractivity contribution in [2.45, 2.75) is 84.2 Å². The molecule has 2 N–H and O–H groups in total. The van der Waals surface area contributed by atoms with Crippen molar-refractivity contribution in [2.75, 3.05) is 0 Å². The van der Waals surface area contributed by atoms with Crippen molar-refractivity contribution < 1.29 is 13.2 Å². The first kappa shape index (κ1) is 25.3. The SMILES string of the molecule is Cc1nn(C(C)(C)C)c2nc(C3CC3)cc(C(=O)NCc3ccc(CS(=O)(=O)NC(C)C)cc3)c12. The van der Waals surface area contributed by atoms with Gasteiger partial charge in [0.2, 0.25) is 10.0 Å². The van der Waals surface area contributed by atoms with Crippen molar-refractivity contribution >= 4 is 27.0 Å². The van der Waals surface area contributed by atoms with Crippen LogP contribution in [0.25, 0.3) is 11.0 Å². The van der Waals surface area contributed by atoms with E-state index in [-0.39, 0.29) is 23.2 Å². The number of amides is 1. The lowest BCUT2D eigenvalue weighted by atomic mass is 10.1. The summed E-state index contributed by atoms with van der Waals surface area (Å²) < 4.78 is 28.8. The van der Waals surface area contributed by atoms with E-state index in [1.165, 1.54) is 0 Å². The lowest BCUT2D eigenvalue weighted by Gasteiger charge is -2.20. The third kappa shape index (κ3) is 5.90. The Morgan fingerprint density at radius 3 is 2.34 bits per heavy atom. The number of aromatic nitrogens is 3. The molecule has 9 heteroatoms. The fraction of sp³-hybridized carbons (Fsp3) is 0.500. The number of hydrogen-bond acceptors (Lipinski definition) is 5. The van der Waals surface area contributed by atoms with Crippen molar-refractivity contribution in [2.24, 2.45) is 0 Å². The fourth-order valence-electron chi connectivity index (χ4n) is 4.19. The molecule has 1 aliphatic carbocycles. The minimum atomic E-state index is -3.38. The van der Waals surface area contributed by atoms with Gasteiger partial charge in [0.15, 0.2) is 5.65 Å². The van der Waals surface area contributed by atoms with E-state index in [4.69, 9.17) is 10.1 Å². The highest BCUT2D eigenvalue weighted by atomic mass is 32.2. The van der Waals surface area contributed by atoms with E-state index in [2.05, 4.69) is 30.8 Å². The Morgan fingerprint density at radius 1 is 1.14 bits per heavy atom. The third-order valence-electron chi connectivity index (χ3n) is 5.96. The third-order valence-corrected chi connectivity index (χ3v) is 7.50. The molecule has 1 aliphatic rings. The Kier molecular flexibility index (Phi) is 6.76. The normalized spacial score (nSPS) is 14.6. The first-order chi connectivity index (χ1) is 16.3. The molecule has 0 aliphatic heterocycles. The van der Waals surface area contributed by atoms with Crippen LogP contribution in [-0.4, -0.2) is 35.1 Å². The molecule has 1 saturated carbocycles. The summed E-state index contributed by atoms with van der Waals surface area (Å²) >= 11 is 0. The highest BCUT2D eigenvalue weighted by Crippen LogP contribution is 2.41. The number of fused-ring (bicyclic) bond motifs is 1. The molecule has 2 heterocycles. The average Bonchev–Trinajstić information content (AvgIpc) is 3.54. The average molecular weight is 498 g/mol. The quantitative estimate of drug-likeness (QED) is 0.487. The van der Waals surface area contributed by atoms with Gasteiger partial charge in [-0.25, -0.2) is 22.8 Å². The molecular formula is C26H35N5O3S. The van der Waals surface area contributed by atoms with Gasteiger partial charge in [-0.1, -0.05) is 24.3 Å². The summed E-state index contributed by atoms with van der Waals surface area (Å²) in [4.78, 5) is 18.2. The minimum absolute atomic E-state index is 0.0756. The second-order valence-corrected chi connectivity index (χ2v) is 12.5. The summed E-state index contributed by atoms with van der Waals surface area (Å²) in [6, 6.07) is 9.05. The van der Waals surface area contributed by atoms with Crippen LogP contribution in [-0.2, 0) is 27.9 Å². The fourth-order valence-corrected chi connectivity index (χ4v) is 5.63. The number of carbonyl (C=O) groups excluding carboxylic acids is 1. The number of hydrogen-bond donors (Lipinski definition) is 2. The van der Waals surface area contributed by atoms with Gasteiger partial charge in [-0.15, -0.1) is 0 Å². The van der Waals surface area contributed by atoms with Crippen LogP contribution in [0.15, 0.2) is 30.3 Å². The Hall–Kier alpha value is -2.78. The maximum atomic E-state index is 13.3. The van der Waals surface area contributed by atoms with Crippen LogP contribution in [0.4, 0.5) is 0 Å². The van der Waals surface area contributed by atoms with Crippen LogP contribution >= 0.6 is 0 Å². The molecule has 0 spiro atoms. The molecule has 35 heavy (non-hydrogen) atoms. The minimum Gasteiger partial charge on any atom is -0.348 e. The Labute approximate surface area is 207 Å². The summed E-state index contributed by atoms with van der Waals surface area (Å²) in [6.45, 7) is 12.1. The maximum absolute atomic E-state index is 13.3. The maximum Gasteiger partial charge on any atom is 0.252 e. The molecule has 188 valence electrons. The van der Waals surface area contributed by atoms with Crippen LogP contribution in [0.2, 0.25) is 0 Å². The smallest absolute Gasteiger partial charge is 0.252 e. The zero-order valence-electron chi connectivity index (χ0n) is 21.3. The summed E-state index contributed by atoms with van der Waals surface area (Å²) in [5, 5.41) is 8.54. The van der Waals surface area contributed by atoms with Gasteiger partial charge in [-0.3, -0.25) is 4.79 Å². The van der Waals surface area contributed by atoms with Crippen LogP contribution in [0.5, 0.6) is 0 Å². The van der Waals surface area contributed by atoms with Gasteiger partial charge in [0.25, 0.3) is 5.91 Å². The lowest BCUT2D eigenvalue weighted by molar-refractivity contribution is 0.0952. The van der Waals surface area contributed by atoms with Crippen molar-refractivity contribution in [3.05, 3.63) is 58.4 Å².